The van der Waals surface area contributed by atoms with E-state index in [-0.39, 0.29) is 0 Å². The molecule has 1 aliphatic heterocycles. The number of ether oxygens (including phenoxy) is 1. The Morgan fingerprint density at radius 1 is 1.21 bits per heavy atom. The summed E-state index contributed by atoms with van der Waals surface area (Å²) in [7, 11) is 0. The van der Waals surface area contributed by atoms with Crippen LogP contribution in [0.5, 0.6) is 5.75 Å². The van der Waals surface area contributed by atoms with Gasteiger partial charge >= 0.3 is 0 Å². The monoisotopic (exact) mass is 262 g/mol. The van der Waals surface area contributed by atoms with E-state index in [0.29, 0.717) is 12.0 Å². The van der Waals surface area contributed by atoms with Crippen LogP contribution in [0.15, 0.2) is 24.3 Å². The zero-order valence-electron chi connectivity index (χ0n) is 12.2. The highest BCUT2D eigenvalue weighted by Crippen LogP contribution is 2.29. The van der Waals surface area contributed by atoms with Crippen LogP contribution in [-0.2, 0) is 6.54 Å². The lowest BCUT2D eigenvalue weighted by Crippen LogP contribution is -2.39. The lowest BCUT2D eigenvalue weighted by molar-refractivity contribution is 0.116. The quantitative estimate of drug-likeness (QED) is 0.886. The number of likely N-dealkylation sites (tertiary alicyclic amines) is 1. The van der Waals surface area contributed by atoms with Crippen LogP contribution in [0.25, 0.3) is 0 Å². The van der Waals surface area contributed by atoms with E-state index in [0.717, 1.165) is 24.5 Å². The molecule has 0 saturated carbocycles. The van der Waals surface area contributed by atoms with Crippen LogP contribution in [0.4, 0.5) is 0 Å². The molecule has 1 aromatic carbocycles. The molecule has 1 fully saturated rings. The fourth-order valence-electron chi connectivity index (χ4n) is 2.48. The zero-order chi connectivity index (χ0) is 13.7. The van der Waals surface area contributed by atoms with E-state index in [2.05, 4.69) is 18.7 Å². The van der Waals surface area contributed by atoms with E-state index < -0.39 is 0 Å². The highest BCUT2D eigenvalue weighted by atomic mass is 16.5. The van der Waals surface area contributed by atoms with E-state index in [9.17, 15) is 0 Å². The lowest BCUT2D eigenvalue weighted by atomic mass is 9.83. The largest absolute Gasteiger partial charge is 0.492 e. The van der Waals surface area contributed by atoms with Gasteiger partial charge in [-0.25, -0.2) is 0 Å². The van der Waals surface area contributed by atoms with Gasteiger partial charge in [-0.3, -0.25) is 4.90 Å². The summed E-state index contributed by atoms with van der Waals surface area (Å²) >= 11 is 0. The molecule has 19 heavy (non-hydrogen) atoms. The molecule has 0 aromatic heterocycles. The third-order valence-corrected chi connectivity index (χ3v) is 4.07. The van der Waals surface area contributed by atoms with Gasteiger partial charge in [-0.15, -0.1) is 0 Å². The number of hydrogen-bond acceptors (Lipinski definition) is 3. The van der Waals surface area contributed by atoms with Gasteiger partial charge in [0.25, 0.3) is 0 Å². The number of hydrogen-bond donors (Lipinski definition) is 1. The predicted molar refractivity (Wildman–Crippen MR) is 79.3 cm³/mol. The second kappa shape index (κ2) is 6.40. The standard InChI is InChI=1S/C16H26N2O/c1-16(2)7-9-18(10-8-16)11-12-19-15-6-4-3-5-14(15)13-17/h3-6H,7-13,17H2,1-2H3. The number of benzene rings is 1. The van der Waals surface area contributed by atoms with E-state index in [1.807, 2.05) is 24.3 Å². The molecule has 0 aliphatic carbocycles. The van der Waals surface area contributed by atoms with Crippen LogP contribution in [0, 0.1) is 5.41 Å². The maximum absolute atomic E-state index is 5.86. The predicted octanol–water partition coefficient (Wildman–Crippen LogP) is 2.65. The van der Waals surface area contributed by atoms with E-state index in [1.165, 1.54) is 25.9 Å². The smallest absolute Gasteiger partial charge is 0.123 e. The normalized spacial score (nSPS) is 19.3. The van der Waals surface area contributed by atoms with Crippen LogP contribution in [-0.4, -0.2) is 31.1 Å². The molecular weight excluding hydrogens is 236 g/mol. The van der Waals surface area contributed by atoms with Crippen LogP contribution in [0.2, 0.25) is 0 Å². The van der Waals surface area contributed by atoms with Crippen molar-refractivity contribution in [3.8, 4) is 5.75 Å². The van der Waals surface area contributed by atoms with Crippen molar-refractivity contribution in [1.82, 2.24) is 4.90 Å². The molecule has 106 valence electrons. The molecule has 1 heterocycles. The van der Waals surface area contributed by atoms with Crippen molar-refractivity contribution in [3.05, 3.63) is 29.8 Å². The Hall–Kier alpha value is -1.06. The Morgan fingerprint density at radius 2 is 1.89 bits per heavy atom. The van der Waals surface area contributed by atoms with Crippen LogP contribution in [0.1, 0.15) is 32.3 Å². The van der Waals surface area contributed by atoms with E-state index in [1.54, 1.807) is 0 Å². The summed E-state index contributed by atoms with van der Waals surface area (Å²) in [5.41, 5.74) is 7.31. The molecule has 0 atom stereocenters. The molecule has 1 aliphatic rings. The van der Waals surface area contributed by atoms with Crippen LogP contribution >= 0.6 is 0 Å². The Bertz CT molecular complexity index is 393. The van der Waals surface area contributed by atoms with Gasteiger partial charge in [0.2, 0.25) is 0 Å². The van der Waals surface area contributed by atoms with Gasteiger partial charge in [0.05, 0.1) is 0 Å². The van der Waals surface area contributed by atoms with Gasteiger partial charge in [0, 0.05) is 18.7 Å². The van der Waals surface area contributed by atoms with Gasteiger partial charge in [0.1, 0.15) is 12.4 Å². The van der Waals surface area contributed by atoms with Crippen molar-refractivity contribution >= 4 is 0 Å². The molecule has 2 rings (SSSR count). The summed E-state index contributed by atoms with van der Waals surface area (Å²) in [6.45, 7) is 9.39. The fraction of sp³-hybridized carbons (Fsp3) is 0.625. The molecule has 0 amide bonds. The first kappa shape index (κ1) is 14.4. The van der Waals surface area contributed by atoms with Crippen molar-refractivity contribution in [1.29, 1.82) is 0 Å². The first-order valence-electron chi connectivity index (χ1n) is 7.24. The Morgan fingerprint density at radius 3 is 2.58 bits per heavy atom. The fourth-order valence-corrected chi connectivity index (χ4v) is 2.48. The van der Waals surface area contributed by atoms with Crippen molar-refractivity contribution in [2.24, 2.45) is 11.1 Å². The van der Waals surface area contributed by atoms with Gasteiger partial charge in [0.15, 0.2) is 0 Å². The van der Waals surface area contributed by atoms with Gasteiger partial charge < -0.3 is 10.5 Å². The zero-order valence-corrected chi connectivity index (χ0v) is 12.2. The van der Waals surface area contributed by atoms with Gasteiger partial charge in [-0.05, 0) is 37.4 Å². The minimum absolute atomic E-state index is 0.517. The average molecular weight is 262 g/mol. The highest BCUT2D eigenvalue weighted by Gasteiger charge is 2.24. The molecule has 1 aromatic rings. The second-order valence-electron chi connectivity index (χ2n) is 6.17. The van der Waals surface area contributed by atoms with Gasteiger partial charge in [-0.1, -0.05) is 32.0 Å². The van der Waals surface area contributed by atoms with Crippen molar-refractivity contribution in [2.75, 3.05) is 26.2 Å². The number of nitrogens with zero attached hydrogens (tertiary/aromatic N) is 1. The number of rotatable bonds is 5. The van der Waals surface area contributed by atoms with E-state index in [4.69, 9.17) is 10.5 Å². The summed E-state index contributed by atoms with van der Waals surface area (Å²) in [4.78, 5) is 2.50. The topological polar surface area (TPSA) is 38.5 Å². The van der Waals surface area contributed by atoms with Crippen molar-refractivity contribution in [2.45, 2.75) is 33.2 Å². The molecule has 0 radical (unpaired) electrons. The summed E-state index contributed by atoms with van der Waals surface area (Å²) in [5, 5.41) is 0. The molecule has 3 nitrogen and oxygen atoms in total. The minimum atomic E-state index is 0.517. The maximum Gasteiger partial charge on any atom is 0.123 e. The van der Waals surface area contributed by atoms with Crippen LogP contribution < -0.4 is 10.5 Å². The molecule has 0 spiro atoms. The molecular formula is C16H26N2O. The molecule has 1 saturated heterocycles. The SMILES string of the molecule is CC1(C)CCN(CCOc2ccccc2CN)CC1. The second-order valence-corrected chi connectivity index (χ2v) is 6.17. The lowest BCUT2D eigenvalue weighted by Gasteiger charge is -2.36. The summed E-state index contributed by atoms with van der Waals surface area (Å²) in [5.74, 6) is 0.933. The Kier molecular flexibility index (Phi) is 4.83. The number of piperidine rings is 1. The summed E-state index contributed by atoms with van der Waals surface area (Å²) in [6.07, 6.45) is 2.57. The third-order valence-electron chi connectivity index (χ3n) is 4.07. The highest BCUT2D eigenvalue weighted by molar-refractivity contribution is 5.32. The maximum atomic E-state index is 5.86. The number of para-hydroxylation sites is 1. The van der Waals surface area contributed by atoms with Crippen molar-refractivity contribution < 1.29 is 4.74 Å². The Labute approximate surface area is 116 Å². The Balaban J connectivity index is 1.75. The van der Waals surface area contributed by atoms with Gasteiger partial charge in [-0.2, -0.15) is 0 Å². The molecule has 3 heteroatoms. The average Bonchev–Trinajstić information content (AvgIpc) is 2.41. The first-order chi connectivity index (χ1) is 9.11. The minimum Gasteiger partial charge on any atom is -0.492 e. The molecule has 2 N–H and O–H groups in total. The molecule has 0 unspecified atom stereocenters. The van der Waals surface area contributed by atoms with Crippen molar-refractivity contribution in [3.63, 3.8) is 0 Å². The third kappa shape index (κ3) is 4.22. The van der Waals surface area contributed by atoms with E-state index >= 15 is 0 Å². The summed E-state index contributed by atoms with van der Waals surface area (Å²) in [6, 6.07) is 8.03. The molecule has 0 bridgehead atoms. The van der Waals surface area contributed by atoms with Crippen LogP contribution in [0.3, 0.4) is 0 Å². The first-order valence-corrected chi connectivity index (χ1v) is 7.24. The number of nitrogens with two attached hydrogens (primary N) is 1. The summed E-state index contributed by atoms with van der Waals surface area (Å²) < 4.78 is 5.86.